The van der Waals surface area contributed by atoms with Crippen molar-refractivity contribution in [3.05, 3.63) is 200 Å². The van der Waals surface area contributed by atoms with Gasteiger partial charge in [0, 0.05) is 50.5 Å². The van der Waals surface area contributed by atoms with Crippen molar-refractivity contribution in [1.29, 1.82) is 0 Å². The molecule has 0 atom stereocenters. The first-order chi connectivity index (χ1) is 28.7. The second kappa shape index (κ2) is 15.2. The van der Waals surface area contributed by atoms with E-state index in [1.165, 1.54) is 0 Å². The molecule has 3 aromatic heterocycles. The zero-order valence-electron chi connectivity index (χ0n) is 31.2. The molecule has 0 amide bonds. The third-order valence-electron chi connectivity index (χ3n) is 10.0. The van der Waals surface area contributed by atoms with Crippen LogP contribution < -0.4 is 0 Å². The van der Waals surface area contributed by atoms with Crippen molar-refractivity contribution in [3.63, 3.8) is 0 Å². The van der Waals surface area contributed by atoms with E-state index in [1.54, 1.807) is 0 Å². The first kappa shape index (κ1) is 34.5. The highest BCUT2D eigenvalue weighted by atomic mass is 15.0. The first-order valence-corrected chi connectivity index (χ1v) is 19.1. The minimum atomic E-state index is 0.602. The summed E-state index contributed by atoms with van der Waals surface area (Å²) in [6, 6.07) is 65.3. The highest BCUT2D eigenvalue weighted by molar-refractivity contribution is 5.97. The maximum atomic E-state index is 4.98. The van der Waals surface area contributed by atoms with E-state index in [-0.39, 0.29) is 0 Å². The molecule has 3 heterocycles. The van der Waals surface area contributed by atoms with Gasteiger partial charge in [0.15, 0.2) is 34.9 Å². The summed E-state index contributed by atoms with van der Waals surface area (Å²) < 4.78 is 0. The summed E-state index contributed by atoms with van der Waals surface area (Å²) in [7, 11) is 0. The number of rotatable bonds is 8. The van der Waals surface area contributed by atoms with Crippen molar-refractivity contribution in [2.24, 2.45) is 0 Å². The van der Waals surface area contributed by atoms with E-state index in [2.05, 4.69) is 54.6 Å². The molecule has 7 nitrogen and oxygen atoms in total. The molecule has 0 bridgehead atoms. The van der Waals surface area contributed by atoms with E-state index in [0.29, 0.717) is 34.9 Å². The molecule has 0 saturated heterocycles. The molecule has 0 unspecified atom stereocenters. The van der Waals surface area contributed by atoms with Crippen molar-refractivity contribution in [2.75, 3.05) is 0 Å². The molecule has 272 valence electrons. The molecule has 0 N–H and O–H groups in total. The van der Waals surface area contributed by atoms with Crippen LogP contribution in [-0.2, 0) is 0 Å². The Morgan fingerprint density at radius 1 is 0.241 bits per heavy atom. The lowest BCUT2D eigenvalue weighted by Crippen LogP contribution is -2.00. The standard InChI is InChI=1S/C51H33N7/c1-5-16-34(17-6-1)46-53-47(35-18-7-2-8-19-35)56-50(55-46)40-26-13-24-38(30-40)42-32-44-43(28-15-29-45(44)52-33-42)39-25-14-27-41(31-39)51-57-48(36-20-9-3-10-21-36)54-49(58-51)37-22-11-4-12-23-37/h1-33H. The minimum absolute atomic E-state index is 0.602. The van der Waals surface area contributed by atoms with Crippen LogP contribution in [-0.4, -0.2) is 34.9 Å². The fourth-order valence-electron chi connectivity index (χ4n) is 7.10. The fraction of sp³-hybridized carbons (Fsp3) is 0. The maximum Gasteiger partial charge on any atom is 0.164 e. The number of nitrogens with zero attached hydrogens (tertiary/aromatic N) is 7. The highest BCUT2D eigenvalue weighted by Crippen LogP contribution is 2.35. The topological polar surface area (TPSA) is 90.2 Å². The van der Waals surface area contributed by atoms with Crippen LogP contribution in [0.4, 0.5) is 0 Å². The lowest BCUT2D eigenvalue weighted by Gasteiger charge is -2.12. The number of pyridine rings is 1. The molecule has 7 aromatic carbocycles. The number of benzene rings is 7. The predicted octanol–water partition coefficient (Wildman–Crippen LogP) is 11.9. The van der Waals surface area contributed by atoms with Gasteiger partial charge in [0.05, 0.1) is 5.52 Å². The van der Waals surface area contributed by atoms with Crippen LogP contribution >= 0.6 is 0 Å². The Bertz CT molecular complexity index is 2930. The summed E-state index contributed by atoms with van der Waals surface area (Å²) >= 11 is 0. The summed E-state index contributed by atoms with van der Waals surface area (Å²) in [5.41, 5.74) is 10.5. The molecule has 0 radical (unpaired) electrons. The smallest absolute Gasteiger partial charge is 0.164 e. The highest BCUT2D eigenvalue weighted by Gasteiger charge is 2.16. The largest absolute Gasteiger partial charge is 0.256 e. The van der Waals surface area contributed by atoms with Gasteiger partial charge in [-0.05, 0) is 41.0 Å². The van der Waals surface area contributed by atoms with Crippen LogP contribution in [0.2, 0.25) is 0 Å². The van der Waals surface area contributed by atoms with Gasteiger partial charge in [-0.1, -0.05) is 170 Å². The van der Waals surface area contributed by atoms with E-state index >= 15 is 0 Å². The normalized spacial score (nSPS) is 11.1. The third-order valence-corrected chi connectivity index (χ3v) is 10.0. The summed E-state index contributed by atoms with van der Waals surface area (Å²) in [4.78, 5) is 34.6. The quantitative estimate of drug-likeness (QED) is 0.153. The summed E-state index contributed by atoms with van der Waals surface area (Å²) in [5.74, 6) is 3.71. The number of hydrogen-bond donors (Lipinski definition) is 0. The number of fused-ring (bicyclic) bond motifs is 1. The Balaban J connectivity index is 1.04. The number of hydrogen-bond acceptors (Lipinski definition) is 7. The van der Waals surface area contributed by atoms with Gasteiger partial charge < -0.3 is 0 Å². The molecule has 0 aliphatic rings. The molecular formula is C51H33N7. The Morgan fingerprint density at radius 2 is 0.586 bits per heavy atom. The Hall–Kier alpha value is -8.03. The van der Waals surface area contributed by atoms with E-state index in [4.69, 9.17) is 34.9 Å². The number of aromatic nitrogens is 7. The molecule has 0 saturated carbocycles. The Labute approximate surface area is 335 Å². The molecule has 58 heavy (non-hydrogen) atoms. The van der Waals surface area contributed by atoms with Gasteiger partial charge in [-0.3, -0.25) is 4.98 Å². The molecule has 7 heteroatoms. The lowest BCUT2D eigenvalue weighted by atomic mass is 9.96. The van der Waals surface area contributed by atoms with Gasteiger partial charge in [-0.15, -0.1) is 0 Å². The van der Waals surface area contributed by atoms with Crippen LogP contribution in [0.1, 0.15) is 0 Å². The molecular weight excluding hydrogens is 711 g/mol. The average molecular weight is 744 g/mol. The maximum absolute atomic E-state index is 4.98. The summed E-state index contributed by atoms with van der Waals surface area (Å²) in [6.45, 7) is 0. The molecule has 0 aliphatic carbocycles. The van der Waals surface area contributed by atoms with Gasteiger partial charge >= 0.3 is 0 Å². The summed E-state index contributed by atoms with van der Waals surface area (Å²) in [5, 5.41) is 1.03. The summed E-state index contributed by atoms with van der Waals surface area (Å²) in [6.07, 6.45) is 1.93. The molecule has 0 aliphatic heterocycles. The Kier molecular flexibility index (Phi) is 9.06. The monoisotopic (exact) mass is 743 g/mol. The minimum Gasteiger partial charge on any atom is -0.256 e. The van der Waals surface area contributed by atoms with Gasteiger partial charge in [-0.2, -0.15) is 0 Å². The van der Waals surface area contributed by atoms with Crippen LogP contribution in [0.5, 0.6) is 0 Å². The van der Waals surface area contributed by atoms with Crippen molar-refractivity contribution < 1.29 is 0 Å². The van der Waals surface area contributed by atoms with Gasteiger partial charge in [-0.25, -0.2) is 29.9 Å². The van der Waals surface area contributed by atoms with Gasteiger partial charge in [0.2, 0.25) is 0 Å². The zero-order valence-corrected chi connectivity index (χ0v) is 31.2. The third kappa shape index (κ3) is 7.00. The second-order valence-corrected chi connectivity index (χ2v) is 13.8. The van der Waals surface area contributed by atoms with E-state index in [0.717, 1.165) is 66.5 Å². The average Bonchev–Trinajstić information content (AvgIpc) is 3.32. The second-order valence-electron chi connectivity index (χ2n) is 13.8. The lowest BCUT2D eigenvalue weighted by molar-refractivity contribution is 1.07. The molecule has 0 spiro atoms. The first-order valence-electron chi connectivity index (χ1n) is 19.1. The molecule has 10 rings (SSSR count). The molecule has 10 aromatic rings. The van der Waals surface area contributed by atoms with E-state index < -0.39 is 0 Å². The Morgan fingerprint density at radius 3 is 1.03 bits per heavy atom. The SMILES string of the molecule is c1ccc(-c2nc(-c3ccccc3)nc(-c3cccc(-c4cnc5cccc(-c6cccc(-c7nc(-c8ccccc8)nc(-c8ccccc8)n7)c6)c5c4)c3)n2)cc1. The van der Waals surface area contributed by atoms with Crippen molar-refractivity contribution in [3.8, 4) is 90.6 Å². The molecule has 0 fully saturated rings. The van der Waals surface area contributed by atoms with Crippen LogP contribution in [0.25, 0.3) is 101 Å². The van der Waals surface area contributed by atoms with E-state index in [9.17, 15) is 0 Å². The van der Waals surface area contributed by atoms with Gasteiger partial charge in [0.25, 0.3) is 0 Å². The van der Waals surface area contributed by atoms with Crippen LogP contribution in [0, 0.1) is 0 Å². The van der Waals surface area contributed by atoms with Gasteiger partial charge in [0.1, 0.15) is 0 Å². The van der Waals surface area contributed by atoms with Crippen LogP contribution in [0.3, 0.4) is 0 Å². The van der Waals surface area contributed by atoms with Crippen molar-refractivity contribution in [1.82, 2.24) is 34.9 Å². The zero-order chi connectivity index (χ0) is 38.7. The van der Waals surface area contributed by atoms with E-state index in [1.807, 2.05) is 146 Å². The van der Waals surface area contributed by atoms with Crippen molar-refractivity contribution >= 4 is 10.9 Å². The van der Waals surface area contributed by atoms with Crippen LogP contribution in [0.15, 0.2) is 200 Å². The fourth-order valence-corrected chi connectivity index (χ4v) is 7.10. The predicted molar refractivity (Wildman–Crippen MR) is 232 cm³/mol. The van der Waals surface area contributed by atoms with Crippen molar-refractivity contribution in [2.45, 2.75) is 0 Å².